The molecule has 158 valence electrons. The average Bonchev–Trinajstić information content (AvgIpc) is 2.79. The van der Waals surface area contributed by atoms with E-state index in [1.807, 2.05) is 18.2 Å². The molecule has 4 heteroatoms. The van der Waals surface area contributed by atoms with Crippen LogP contribution in [0.1, 0.15) is 16.7 Å². The van der Waals surface area contributed by atoms with Crippen LogP contribution in [0.2, 0.25) is 0 Å². The summed E-state index contributed by atoms with van der Waals surface area (Å²) >= 11 is 0. The Hall–Kier alpha value is -3.11. The van der Waals surface area contributed by atoms with E-state index in [1.165, 1.54) is 17.7 Å². The fraction of sp³-hybridized carbons (Fsp3) is 0.185. The van der Waals surface area contributed by atoms with E-state index in [1.54, 1.807) is 19.2 Å². The minimum Gasteiger partial charge on any atom is -0.384 e. The van der Waals surface area contributed by atoms with Crippen LogP contribution in [0.15, 0.2) is 72.8 Å². The second-order valence-electron chi connectivity index (χ2n) is 7.66. The van der Waals surface area contributed by atoms with E-state index in [0.29, 0.717) is 36.0 Å². The summed E-state index contributed by atoms with van der Waals surface area (Å²) in [6.07, 6.45) is 1.72. The van der Waals surface area contributed by atoms with Crippen LogP contribution in [0, 0.1) is 17.5 Å². The van der Waals surface area contributed by atoms with Crippen molar-refractivity contribution in [3.05, 3.63) is 107 Å². The lowest BCUT2D eigenvalue weighted by atomic mass is 9.96. The second-order valence-corrected chi connectivity index (χ2v) is 7.66. The van der Waals surface area contributed by atoms with Gasteiger partial charge in [0, 0.05) is 12.5 Å². The number of aryl methyl sites for hydroxylation is 2. The zero-order valence-electron chi connectivity index (χ0n) is 17.3. The van der Waals surface area contributed by atoms with Gasteiger partial charge in [0.05, 0.1) is 6.61 Å². The minimum absolute atomic E-state index is 0.262. The van der Waals surface area contributed by atoms with Gasteiger partial charge < -0.3 is 4.74 Å². The van der Waals surface area contributed by atoms with Gasteiger partial charge in [0.1, 0.15) is 5.82 Å². The first-order chi connectivity index (χ1) is 15.0. The van der Waals surface area contributed by atoms with Crippen LogP contribution >= 0.6 is 0 Å². The van der Waals surface area contributed by atoms with Crippen LogP contribution in [0.3, 0.4) is 0 Å². The first kappa shape index (κ1) is 21.1. The monoisotopic (exact) mass is 420 g/mol. The van der Waals surface area contributed by atoms with Crippen molar-refractivity contribution in [2.45, 2.75) is 19.3 Å². The number of fused-ring (bicyclic) bond motifs is 1. The zero-order valence-corrected chi connectivity index (χ0v) is 17.3. The highest BCUT2D eigenvalue weighted by atomic mass is 19.2. The zero-order chi connectivity index (χ0) is 21.8. The van der Waals surface area contributed by atoms with E-state index in [0.717, 1.165) is 29.0 Å². The van der Waals surface area contributed by atoms with E-state index in [2.05, 4.69) is 24.3 Å². The van der Waals surface area contributed by atoms with Crippen LogP contribution in [0.5, 0.6) is 0 Å². The van der Waals surface area contributed by atoms with E-state index < -0.39 is 11.6 Å². The Morgan fingerprint density at radius 1 is 0.645 bits per heavy atom. The molecule has 0 aliphatic heterocycles. The normalized spacial score (nSPS) is 11.2. The molecule has 4 rings (SSSR count). The molecule has 1 nitrogen and oxygen atoms in total. The first-order valence-electron chi connectivity index (χ1n) is 10.3. The number of methoxy groups -OCH3 is 1. The molecule has 0 aliphatic rings. The topological polar surface area (TPSA) is 9.23 Å². The number of halogens is 3. The van der Waals surface area contributed by atoms with Crippen LogP contribution in [-0.2, 0) is 24.0 Å². The summed E-state index contributed by atoms with van der Waals surface area (Å²) < 4.78 is 46.7. The average molecular weight is 420 g/mol. The maximum Gasteiger partial charge on any atom is 0.159 e. The molecule has 0 radical (unpaired) electrons. The molecule has 0 bridgehead atoms. The van der Waals surface area contributed by atoms with Crippen LogP contribution in [0.25, 0.3) is 21.9 Å². The molecule has 4 aromatic rings. The Morgan fingerprint density at radius 3 is 2.13 bits per heavy atom. The van der Waals surface area contributed by atoms with Crippen molar-refractivity contribution < 1.29 is 17.9 Å². The Morgan fingerprint density at radius 2 is 1.39 bits per heavy atom. The third-order valence-electron chi connectivity index (χ3n) is 5.58. The number of benzene rings is 4. The maximum atomic E-state index is 15.1. The molecular formula is C27H23F3O. The molecule has 0 spiro atoms. The quantitative estimate of drug-likeness (QED) is 0.316. The fourth-order valence-electron chi connectivity index (χ4n) is 3.77. The Balaban J connectivity index is 1.54. The lowest BCUT2D eigenvalue weighted by molar-refractivity contribution is 0.202. The Kier molecular flexibility index (Phi) is 6.38. The summed E-state index contributed by atoms with van der Waals surface area (Å²) in [6, 6.07) is 21.5. The van der Waals surface area contributed by atoms with Crippen molar-refractivity contribution >= 4 is 10.8 Å². The largest absolute Gasteiger partial charge is 0.384 e. The molecule has 0 saturated carbocycles. The van der Waals surface area contributed by atoms with Gasteiger partial charge in [-0.25, -0.2) is 13.2 Å². The van der Waals surface area contributed by atoms with Gasteiger partial charge in [0.2, 0.25) is 0 Å². The van der Waals surface area contributed by atoms with Crippen molar-refractivity contribution in [3.63, 3.8) is 0 Å². The Bertz CT molecular complexity index is 1200. The molecule has 0 unspecified atom stereocenters. The van der Waals surface area contributed by atoms with Crippen LogP contribution < -0.4 is 0 Å². The van der Waals surface area contributed by atoms with Gasteiger partial charge >= 0.3 is 0 Å². The number of rotatable bonds is 7. The molecule has 0 N–H and O–H groups in total. The number of ether oxygens (including phenoxy) is 1. The number of hydrogen-bond donors (Lipinski definition) is 0. The third kappa shape index (κ3) is 4.80. The molecule has 0 aromatic heterocycles. The molecule has 0 heterocycles. The lowest BCUT2D eigenvalue weighted by Crippen LogP contribution is -1.97. The van der Waals surface area contributed by atoms with Crippen LogP contribution in [-0.4, -0.2) is 13.7 Å². The third-order valence-corrected chi connectivity index (χ3v) is 5.58. The molecule has 0 atom stereocenters. The summed E-state index contributed by atoms with van der Waals surface area (Å²) in [7, 11) is 1.69. The minimum atomic E-state index is -0.879. The van der Waals surface area contributed by atoms with Gasteiger partial charge in [0.25, 0.3) is 0 Å². The summed E-state index contributed by atoms with van der Waals surface area (Å²) in [5.74, 6) is -2.02. The SMILES string of the molecule is COCCc1ccc(-c2ccc3c(F)c(CCc4ccc(F)c(F)c4)ccc3c2)cc1. The van der Waals surface area contributed by atoms with Crippen molar-refractivity contribution in [1.29, 1.82) is 0 Å². The predicted molar refractivity (Wildman–Crippen MR) is 119 cm³/mol. The molecule has 0 fully saturated rings. The first-order valence-corrected chi connectivity index (χ1v) is 10.3. The summed E-state index contributed by atoms with van der Waals surface area (Å²) in [5, 5.41) is 1.39. The van der Waals surface area contributed by atoms with Gasteiger partial charge in [-0.1, -0.05) is 54.6 Å². The smallest absolute Gasteiger partial charge is 0.159 e. The van der Waals surface area contributed by atoms with Crippen molar-refractivity contribution in [2.75, 3.05) is 13.7 Å². The molecule has 0 saturated heterocycles. The van der Waals surface area contributed by atoms with E-state index >= 15 is 4.39 Å². The summed E-state index contributed by atoms with van der Waals surface area (Å²) in [5.41, 5.74) is 4.52. The molecule has 31 heavy (non-hydrogen) atoms. The maximum absolute atomic E-state index is 15.1. The van der Waals surface area contributed by atoms with Crippen molar-refractivity contribution in [2.24, 2.45) is 0 Å². The lowest BCUT2D eigenvalue weighted by Gasteiger charge is -2.10. The van der Waals surface area contributed by atoms with Gasteiger partial charge in [-0.15, -0.1) is 0 Å². The van der Waals surface area contributed by atoms with Gasteiger partial charge in [-0.05, 0) is 70.7 Å². The van der Waals surface area contributed by atoms with Crippen LogP contribution in [0.4, 0.5) is 13.2 Å². The van der Waals surface area contributed by atoms with Gasteiger partial charge in [-0.3, -0.25) is 0 Å². The summed E-state index contributed by atoms with van der Waals surface area (Å²) in [4.78, 5) is 0. The molecular weight excluding hydrogens is 397 g/mol. The summed E-state index contributed by atoms with van der Waals surface area (Å²) in [6.45, 7) is 0.688. The predicted octanol–water partition coefficient (Wildman–Crippen LogP) is 6.90. The second kappa shape index (κ2) is 9.36. The molecule has 4 aromatic carbocycles. The van der Waals surface area contributed by atoms with Gasteiger partial charge in [0.15, 0.2) is 11.6 Å². The van der Waals surface area contributed by atoms with Gasteiger partial charge in [-0.2, -0.15) is 0 Å². The molecule has 0 aliphatic carbocycles. The van der Waals surface area contributed by atoms with Crippen molar-refractivity contribution in [1.82, 2.24) is 0 Å². The highest BCUT2D eigenvalue weighted by Crippen LogP contribution is 2.28. The fourth-order valence-corrected chi connectivity index (χ4v) is 3.77. The highest BCUT2D eigenvalue weighted by Gasteiger charge is 2.10. The van der Waals surface area contributed by atoms with E-state index in [9.17, 15) is 8.78 Å². The number of hydrogen-bond acceptors (Lipinski definition) is 1. The van der Waals surface area contributed by atoms with E-state index in [4.69, 9.17) is 4.74 Å². The van der Waals surface area contributed by atoms with Crippen molar-refractivity contribution in [3.8, 4) is 11.1 Å². The Labute approximate surface area is 180 Å². The van der Waals surface area contributed by atoms with E-state index in [-0.39, 0.29) is 5.82 Å². The molecule has 0 amide bonds. The standard InChI is InChI=1S/C27H23F3O/c1-31-15-14-18-2-6-20(7-3-18)22-11-12-24-23(17-22)10-9-21(27(24)30)8-4-19-5-13-25(28)26(29)16-19/h2-3,5-7,9-13,16-17H,4,8,14-15H2,1H3. The highest BCUT2D eigenvalue weighted by molar-refractivity contribution is 5.88.